The fraction of sp³-hybridized carbons (Fsp3) is 0.545. The van der Waals surface area contributed by atoms with E-state index in [0.717, 1.165) is 68.2 Å². The predicted molar refractivity (Wildman–Crippen MR) is 133 cm³/mol. The predicted octanol–water partition coefficient (Wildman–Crippen LogP) is 3.16. The third-order valence-corrected chi connectivity index (χ3v) is 4.95. The quantitative estimate of drug-likeness (QED) is 0.312. The van der Waals surface area contributed by atoms with E-state index in [4.69, 9.17) is 19.0 Å². The first-order valence-corrected chi connectivity index (χ1v) is 10.6. The summed E-state index contributed by atoms with van der Waals surface area (Å²) in [5, 5.41) is 7.51. The van der Waals surface area contributed by atoms with Crippen molar-refractivity contribution in [3.63, 3.8) is 0 Å². The molecule has 3 rings (SSSR count). The van der Waals surface area contributed by atoms with Gasteiger partial charge in [-0.3, -0.25) is 4.90 Å². The molecule has 1 N–H and O–H groups in total. The number of nitrogens with zero attached hydrogens (tertiary/aromatic N) is 4. The normalized spacial score (nSPS) is 15.9. The molecular formula is C22H34IN5O3. The van der Waals surface area contributed by atoms with Crippen LogP contribution >= 0.6 is 24.0 Å². The van der Waals surface area contributed by atoms with E-state index in [9.17, 15) is 0 Å². The van der Waals surface area contributed by atoms with Gasteiger partial charge in [-0.25, -0.2) is 4.99 Å². The van der Waals surface area contributed by atoms with Gasteiger partial charge < -0.3 is 24.2 Å². The molecule has 8 nitrogen and oxygen atoms in total. The summed E-state index contributed by atoms with van der Waals surface area (Å²) < 4.78 is 16.4. The Morgan fingerprint density at radius 1 is 1.23 bits per heavy atom. The van der Waals surface area contributed by atoms with Crippen LogP contribution in [0, 0.1) is 6.92 Å². The number of guanidine groups is 1. The minimum atomic E-state index is -0.0394. The first kappa shape index (κ1) is 25.3. The number of rotatable bonds is 8. The summed E-state index contributed by atoms with van der Waals surface area (Å²) in [7, 11) is 1.65. The van der Waals surface area contributed by atoms with Gasteiger partial charge in [0.2, 0.25) is 0 Å². The minimum absolute atomic E-state index is 0. The molecule has 1 unspecified atom stereocenters. The van der Waals surface area contributed by atoms with E-state index in [0.29, 0.717) is 6.54 Å². The zero-order chi connectivity index (χ0) is 21.3. The standard InChI is InChI=1S/C22H33N5O3.HI/c1-5-23-22(24-15-18(3)29-21-8-6-7-20(14-21)28-4)27-11-9-26(10-12-27)16-19-13-17(2)30-25-19;/h6-8,13-14,18H,5,9-12,15-16H2,1-4H3,(H,23,24);1H. The lowest BCUT2D eigenvalue weighted by Gasteiger charge is -2.36. The number of aliphatic imine (C=N–C) groups is 1. The van der Waals surface area contributed by atoms with Crippen LogP contribution in [0.15, 0.2) is 39.8 Å². The fourth-order valence-electron chi connectivity index (χ4n) is 3.42. The van der Waals surface area contributed by atoms with E-state index >= 15 is 0 Å². The van der Waals surface area contributed by atoms with Gasteiger partial charge in [0.05, 0.1) is 19.3 Å². The largest absolute Gasteiger partial charge is 0.497 e. The number of hydrogen-bond acceptors (Lipinski definition) is 6. The van der Waals surface area contributed by atoms with Crippen molar-refractivity contribution in [2.24, 2.45) is 4.99 Å². The first-order chi connectivity index (χ1) is 14.6. The highest BCUT2D eigenvalue weighted by Gasteiger charge is 2.20. The van der Waals surface area contributed by atoms with Crippen molar-refractivity contribution >= 4 is 29.9 Å². The van der Waals surface area contributed by atoms with Gasteiger partial charge in [0.1, 0.15) is 23.4 Å². The van der Waals surface area contributed by atoms with E-state index in [1.54, 1.807) is 7.11 Å². The topological polar surface area (TPSA) is 75.4 Å². The van der Waals surface area contributed by atoms with Crippen molar-refractivity contribution in [2.75, 3.05) is 46.4 Å². The smallest absolute Gasteiger partial charge is 0.194 e. The van der Waals surface area contributed by atoms with Crippen molar-refractivity contribution in [1.29, 1.82) is 0 Å². The number of nitrogens with one attached hydrogen (secondary N) is 1. The Morgan fingerprint density at radius 3 is 2.61 bits per heavy atom. The Kier molecular flexibility index (Phi) is 10.4. The van der Waals surface area contributed by atoms with Crippen molar-refractivity contribution in [3.05, 3.63) is 41.8 Å². The van der Waals surface area contributed by atoms with E-state index in [1.807, 2.05) is 44.2 Å². The number of piperazine rings is 1. The third-order valence-electron chi connectivity index (χ3n) is 4.95. The lowest BCUT2D eigenvalue weighted by atomic mass is 10.3. The maximum Gasteiger partial charge on any atom is 0.194 e. The summed E-state index contributed by atoms with van der Waals surface area (Å²) in [5.74, 6) is 3.37. The zero-order valence-corrected chi connectivity index (χ0v) is 21.2. The molecule has 1 saturated heterocycles. The van der Waals surface area contributed by atoms with Crippen molar-refractivity contribution in [1.82, 2.24) is 20.3 Å². The monoisotopic (exact) mass is 543 g/mol. The van der Waals surface area contributed by atoms with Crippen LogP contribution in [0.2, 0.25) is 0 Å². The maximum atomic E-state index is 6.00. The molecule has 1 aliphatic rings. The number of benzene rings is 1. The Balaban J connectivity index is 0.00000341. The maximum absolute atomic E-state index is 6.00. The summed E-state index contributed by atoms with van der Waals surface area (Å²) >= 11 is 0. The molecule has 0 amide bonds. The van der Waals surface area contributed by atoms with Gasteiger partial charge in [-0.05, 0) is 32.9 Å². The third kappa shape index (κ3) is 7.88. The summed E-state index contributed by atoms with van der Waals surface area (Å²) in [5.41, 5.74) is 0.991. The SMILES string of the molecule is CCNC(=NCC(C)Oc1cccc(OC)c1)N1CCN(Cc2cc(C)on2)CC1.I. The molecule has 1 aromatic heterocycles. The molecule has 1 aromatic carbocycles. The average molecular weight is 543 g/mol. The molecule has 1 atom stereocenters. The van der Waals surface area contributed by atoms with Crippen LogP contribution in [0.4, 0.5) is 0 Å². The van der Waals surface area contributed by atoms with Gasteiger partial charge in [-0.1, -0.05) is 11.2 Å². The van der Waals surface area contributed by atoms with Crippen molar-refractivity contribution in [3.8, 4) is 11.5 Å². The van der Waals surface area contributed by atoms with Crippen LogP contribution < -0.4 is 14.8 Å². The molecule has 0 bridgehead atoms. The summed E-state index contributed by atoms with van der Waals surface area (Å²) in [6, 6.07) is 9.66. The van der Waals surface area contributed by atoms with Crippen LogP contribution in [0.5, 0.6) is 11.5 Å². The second-order valence-corrected chi connectivity index (χ2v) is 7.49. The molecule has 0 spiro atoms. The highest BCUT2D eigenvalue weighted by Crippen LogP contribution is 2.20. The molecule has 2 heterocycles. The Labute approximate surface area is 202 Å². The summed E-state index contributed by atoms with van der Waals surface area (Å²) in [6.45, 7) is 12.1. The zero-order valence-electron chi connectivity index (χ0n) is 18.8. The van der Waals surface area contributed by atoms with Crippen LogP contribution in [0.3, 0.4) is 0 Å². The second kappa shape index (κ2) is 12.7. The van der Waals surface area contributed by atoms with Gasteiger partial charge in [0, 0.05) is 51.4 Å². The fourth-order valence-corrected chi connectivity index (χ4v) is 3.42. The first-order valence-electron chi connectivity index (χ1n) is 10.6. The number of halogens is 1. The van der Waals surface area contributed by atoms with Gasteiger partial charge in [-0.15, -0.1) is 24.0 Å². The molecule has 1 fully saturated rings. The molecule has 1 aliphatic heterocycles. The van der Waals surface area contributed by atoms with Gasteiger partial charge in [-0.2, -0.15) is 0 Å². The summed E-state index contributed by atoms with van der Waals surface area (Å²) in [6.07, 6.45) is -0.0394. The number of hydrogen-bond donors (Lipinski definition) is 1. The Bertz CT molecular complexity index is 821. The van der Waals surface area contributed by atoms with Gasteiger partial charge >= 0.3 is 0 Å². The number of aryl methyl sites for hydroxylation is 1. The Hall–Kier alpha value is -2.01. The highest BCUT2D eigenvalue weighted by molar-refractivity contribution is 14.0. The van der Waals surface area contributed by atoms with Crippen LogP contribution in [-0.2, 0) is 6.54 Å². The molecule has 0 radical (unpaired) electrons. The molecule has 0 saturated carbocycles. The molecular weight excluding hydrogens is 509 g/mol. The van der Waals surface area contributed by atoms with Gasteiger partial charge in [0.15, 0.2) is 5.96 Å². The van der Waals surface area contributed by atoms with E-state index in [2.05, 4.69) is 27.2 Å². The summed E-state index contributed by atoms with van der Waals surface area (Å²) in [4.78, 5) is 9.52. The molecule has 31 heavy (non-hydrogen) atoms. The van der Waals surface area contributed by atoms with E-state index in [-0.39, 0.29) is 30.1 Å². The number of methoxy groups -OCH3 is 1. The number of ether oxygens (including phenoxy) is 2. The molecule has 172 valence electrons. The highest BCUT2D eigenvalue weighted by atomic mass is 127. The molecule has 0 aliphatic carbocycles. The van der Waals surface area contributed by atoms with E-state index < -0.39 is 0 Å². The van der Waals surface area contributed by atoms with Crippen LogP contribution in [0.25, 0.3) is 0 Å². The van der Waals surface area contributed by atoms with Crippen LogP contribution in [0.1, 0.15) is 25.3 Å². The van der Waals surface area contributed by atoms with E-state index in [1.165, 1.54) is 0 Å². The molecule has 9 heteroatoms. The Morgan fingerprint density at radius 2 is 1.97 bits per heavy atom. The lowest BCUT2D eigenvalue weighted by Crippen LogP contribution is -2.52. The average Bonchev–Trinajstić information content (AvgIpc) is 3.16. The second-order valence-electron chi connectivity index (χ2n) is 7.49. The minimum Gasteiger partial charge on any atom is -0.497 e. The molecule has 2 aromatic rings. The lowest BCUT2D eigenvalue weighted by molar-refractivity contribution is 0.168. The van der Waals surface area contributed by atoms with Crippen molar-refractivity contribution < 1.29 is 14.0 Å². The van der Waals surface area contributed by atoms with Crippen molar-refractivity contribution in [2.45, 2.75) is 33.4 Å². The van der Waals surface area contributed by atoms with Gasteiger partial charge in [0.25, 0.3) is 0 Å². The van der Waals surface area contributed by atoms with Crippen LogP contribution in [-0.4, -0.2) is 73.4 Å². The number of aromatic nitrogens is 1.